The molecule has 124 valence electrons. The first-order valence-electron chi connectivity index (χ1n) is 7.65. The quantitative estimate of drug-likeness (QED) is 0.818. The predicted octanol–water partition coefficient (Wildman–Crippen LogP) is 2.27. The molecule has 3 rings (SSSR count). The highest BCUT2D eigenvalue weighted by atomic mass is 32.2. The zero-order chi connectivity index (χ0) is 17.1. The highest BCUT2D eigenvalue weighted by Crippen LogP contribution is 2.22. The van der Waals surface area contributed by atoms with Crippen LogP contribution in [0.1, 0.15) is 26.3 Å². The second-order valence-electron chi connectivity index (χ2n) is 5.61. The van der Waals surface area contributed by atoms with Gasteiger partial charge in [0.25, 0.3) is 11.8 Å². The van der Waals surface area contributed by atoms with Gasteiger partial charge in [-0.2, -0.15) is 0 Å². The number of nitrogens with zero attached hydrogens (tertiary/aromatic N) is 1. The number of hydrogen-bond donors (Lipinski definition) is 1. The van der Waals surface area contributed by atoms with Crippen molar-refractivity contribution in [2.75, 3.05) is 24.7 Å². The van der Waals surface area contributed by atoms with Gasteiger partial charge in [-0.1, -0.05) is 30.3 Å². The van der Waals surface area contributed by atoms with Gasteiger partial charge in [0.1, 0.15) is 0 Å². The molecule has 1 unspecified atom stereocenters. The van der Waals surface area contributed by atoms with E-state index in [1.54, 1.807) is 30.5 Å². The molecule has 1 aliphatic heterocycles. The molecular formula is C18H18N2O3S. The minimum atomic E-state index is -0.931. The van der Waals surface area contributed by atoms with Gasteiger partial charge in [-0.3, -0.25) is 18.7 Å². The number of nitrogens with one attached hydrogen (secondary N) is 1. The van der Waals surface area contributed by atoms with Crippen LogP contribution in [-0.4, -0.2) is 40.3 Å². The molecule has 2 amide bonds. The van der Waals surface area contributed by atoms with Crippen molar-refractivity contribution in [2.45, 2.75) is 5.75 Å². The Balaban J connectivity index is 1.65. The van der Waals surface area contributed by atoms with Gasteiger partial charge in [-0.15, -0.1) is 0 Å². The van der Waals surface area contributed by atoms with Crippen LogP contribution in [0.5, 0.6) is 0 Å². The summed E-state index contributed by atoms with van der Waals surface area (Å²) in [6, 6.07) is 14.5. The zero-order valence-electron chi connectivity index (χ0n) is 13.3. The predicted molar refractivity (Wildman–Crippen MR) is 94.5 cm³/mol. The van der Waals surface area contributed by atoms with Gasteiger partial charge in [-0.05, 0) is 23.8 Å². The summed E-state index contributed by atoms with van der Waals surface area (Å²) in [7, 11) is -0.931. The SMILES string of the molecule is CS(=O)Cc1ccccc1NCCN1C(=O)c2ccccc2C1=O. The fourth-order valence-electron chi connectivity index (χ4n) is 2.78. The van der Waals surface area contributed by atoms with E-state index in [9.17, 15) is 13.8 Å². The van der Waals surface area contributed by atoms with Crippen LogP contribution in [-0.2, 0) is 16.6 Å². The lowest BCUT2D eigenvalue weighted by Gasteiger charge is -2.16. The summed E-state index contributed by atoms with van der Waals surface area (Å²) in [6.45, 7) is 0.731. The molecule has 1 aliphatic rings. The van der Waals surface area contributed by atoms with E-state index < -0.39 is 10.8 Å². The molecule has 0 spiro atoms. The molecule has 0 saturated heterocycles. The lowest BCUT2D eigenvalue weighted by Crippen LogP contribution is -2.34. The molecule has 6 heteroatoms. The van der Waals surface area contributed by atoms with E-state index in [4.69, 9.17) is 0 Å². The van der Waals surface area contributed by atoms with Crippen molar-refractivity contribution in [2.24, 2.45) is 0 Å². The minimum Gasteiger partial charge on any atom is -0.383 e. The molecule has 2 aromatic rings. The number of hydrogen-bond acceptors (Lipinski definition) is 4. The van der Waals surface area contributed by atoms with Crippen LogP contribution in [0.3, 0.4) is 0 Å². The molecular weight excluding hydrogens is 324 g/mol. The average Bonchev–Trinajstić information content (AvgIpc) is 2.81. The standard InChI is InChI=1S/C18H18N2O3S/c1-24(23)12-13-6-2-5-9-16(13)19-10-11-20-17(21)14-7-3-4-8-15(14)18(20)22/h2-9,19H,10-12H2,1H3. The van der Waals surface area contributed by atoms with Crippen LogP contribution in [0.4, 0.5) is 5.69 Å². The Morgan fingerprint density at radius 1 is 0.958 bits per heavy atom. The van der Waals surface area contributed by atoms with E-state index in [-0.39, 0.29) is 18.4 Å². The number of amides is 2. The Hall–Kier alpha value is -2.47. The number of fused-ring (bicyclic) bond motifs is 1. The molecule has 5 nitrogen and oxygen atoms in total. The van der Waals surface area contributed by atoms with Crippen molar-refractivity contribution in [3.8, 4) is 0 Å². The molecule has 1 atom stereocenters. The highest BCUT2D eigenvalue weighted by Gasteiger charge is 2.34. The third kappa shape index (κ3) is 3.23. The number of para-hydroxylation sites is 1. The largest absolute Gasteiger partial charge is 0.383 e. The normalized spacial score (nSPS) is 14.6. The van der Waals surface area contributed by atoms with E-state index in [0.717, 1.165) is 11.3 Å². The van der Waals surface area contributed by atoms with Crippen LogP contribution in [0.25, 0.3) is 0 Å². The molecule has 0 aliphatic carbocycles. The number of carbonyl (C=O) groups excluding carboxylic acids is 2. The van der Waals surface area contributed by atoms with Gasteiger partial charge < -0.3 is 5.32 Å². The van der Waals surface area contributed by atoms with Crippen molar-refractivity contribution in [1.29, 1.82) is 0 Å². The third-order valence-electron chi connectivity index (χ3n) is 3.91. The Labute approximate surface area is 143 Å². The van der Waals surface area contributed by atoms with Gasteiger partial charge in [0, 0.05) is 35.8 Å². The molecule has 24 heavy (non-hydrogen) atoms. The molecule has 2 aromatic carbocycles. The maximum atomic E-state index is 12.3. The van der Waals surface area contributed by atoms with Crippen molar-refractivity contribution >= 4 is 28.3 Å². The molecule has 0 aromatic heterocycles. The van der Waals surface area contributed by atoms with Crippen LogP contribution in [0.2, 0.25) is 0 Å². The Morgan fingerprint density at radius 3 is 2.17 bits per heavy atom. The number of imide groups is 1. The van der Waals surface area contributed by atoms with Gasteiger partial charge in [0.15, 0.2) is 0 Å². The van der Waals surface area contributed by atoms with Crippen LogP contribution >= 0.6 is 0 Å². The van der Waals surface area contributed by atoms with Crippen molar-refractivity contribution in [3.05, 3.63) is 65.2 Å². The average molecular weight is 342 g/mol. The Bertz CT molecular complexity index is 784. The third-order valence-corrected chi connectivity index (χ3v) is 4.62. The van der Waals surface area contributed by atoms with E-state index in [2.05, 4.69) is 5.32 Å². The van der Waals surface area contributed by atoms with Gasteiger partial charge >= 0.3 is 0 Å². The first-order valence-corrected chi connectivity index (χ1v) is 9.37. The van der Waals surface area contributed by atoms with Crippen molar-refractivity contribution in [3.63, 3.8) is 0 Å². The molecule has 0 saturated carbocycles. The number of benzene rings is 2. The van der Waals surface area contributed by atoms with Crippen molar-refractivity contribution in [1.82, 2.24) is 4.90 Å². The maximum Gasteiger partial charge on any atom is 0.261 e. The zero-order valence-corrected chi connectivity index (χ0v) is 14.1. The van der Waals surface area contributed by atoms with E-state index >= 15 is 0 Å². The summed E-state index contributed by atoms with van der Waals surface area (Å²) >= 11 is 0. The lowest BCUT2D eigenvalue weighted by atomic mass is 10.1. The maximum absolute atomic E-state index is 12.3. The fraction of sp³-hybridized carbons (Fsp3) is 0.222. The fourth-order valence-corrected chi connectivity index (χ4v) is 3.47. The van der Waals surface area contributed by atoms with E-state index in [1.165, 1.54) is 4.90 Å². The first-order chi connectivity index (χ1) is 11.6. The minimum absolute atomic E-state index is 0.250. The second kappa shape index (κ2) is 6.97. The van der Waals surface area contributed by atoms with Gasteiger partial charge in [0.05, 0.1) is 16.9 Å². The topological polar surface area (TPSA) is 66.5 Å². The Morgan fingerprint density at radius 2 is 1.54 bits per heavy atom. The van der Waals surface area contributed by atoms with Crippen LogP contribution in [0.15, 0.2) is 48.5 Å². The van der Waals surface area contributed by atoms with E-state index in [1.807, 2.05) is 24.3 Å². The molecule has 1 N–H and O–H groups in total. The van der Waals surface area contributed by atoms with Crippen LogP contribution in [0, 0.1) is 0 Å². The molecule has 0 bridgehead atoms. The van der Waals surface area contributed by atoms with Gasteiger partial charge in [0.2, 0.25) is 0 Å². The van der Waals surface area contributed by atoms with Crippen LogP contribution < -0.4 is 5.32 Å². The summed E-state index contributed by atoms with van der Waals surface area (Å²) in [4.78, 5) is 25.9. The summed E-state index contributed by atoms with van der Waals surface area (Å²) in [6.07, 6.45) is 1.66. The number of carbonyl (C=O) groups is 2. The first kappa shape index (κ1) is 16.4. The molecule has 0 fully saturated rings. The summed E-state index contributed by atoms with van der Waals surface area (Å²) in [5, 5.41) is 3.23. The highest BCUT2D eigenvalue weighted by molar-refractivity contribution is 7.83. The molecule has 0 radical (unpaired) electrons. The number of anilines is 1. The van der Waals surface area contributed by atoms with Crippen molar-refractivity contribution < 1.29 is 13.8 Å². The number of rotatable bonds is 6. The molecule has 1 heterocycles. The lowest BCUT2D eigenvalue weighted by molar-refractivity contribution is 0.0660. The summed E-state index contributed by atoms with van der Waals surface area (Å²) in [5.74, 6) is -0.0309. The monoisotopic (exact) mass is 342 g/mol. The van der Waals surface area contributed by atoms with E-state index in [0.29, 0.717) is 23.4 Å². The summed E-state index contributed by atoms with van der Waals surface area (Å²) in [5.41, 5.74) is 2.76. The summed E-state index contributed by atoms with van der Waals surface area (Å²) < 4.78 is 11.4. The van der Waals surface area contributed by atoms with Gasteiger partial charge in [-0.25, -0.2) is 0 Å². The second-order valence-corrected chi connectivity index (χ2v) is 7.04. The smallest absolute Gasteiger partial charge is 0.261 e. The Kier molecular flexibility index (Phi) is 4.76.